The van der Waals surface area contributed by atoms with E-state index < -0.39 is 28.8 Å². The highest BCUT2D eigenvalue weighted by molar-refractivity contribution is 5.91. The van der Waals surface area contributed by atoms with Gasteiger partial charge in [0.15, 0.2) is 5.43 Å². The Morgan fingerprint density at radius 2 is 1.82 bits per heavy atom. The number of rotatable bonds is 5. The highest BCUT2D eigenvalue weighted by Crippen LogP contribution is 2.43. The highest BCUT2D eigenvalue weighted by Gasteiger charge is 2.31. The fourth-order valence-corrected chi connectivity index (χ4v) is 5.46. The number of aryl methyl sites for hydroxylation is 2. The van der Waals surface area contributed by atoms with Crippen LogP contribution in [-0.2, 0) is 22.5 Å². The first-order valence-corrected chi connectivity index (χ1v) is 12.2. The Kier molecular flexibility index (Phi) is 5.52. The van der Waals surface area contributed by atoms with Gasteiger partial charge in [0.25, 0.3) is 5.56 Å². The van der Waals surface area contributed by atoms with E-state index in [1.165, 1.54) is 13.2 Å². The van der Waals surface area contributed by atoms with E-state index >= 15 is 0 Å². The molecule has 0 unspecified atom stereocenters. The summed E-state index contributed by atoms with van der Waals surface area (Å²) in [7, 11) is 1.24. The molecule has 8 heteroatoms. The van der Waals surface area contributed by atoms with Crippen LogP contribution in [-0.4, -0.2) is 27.9 Å². The largest absolute Gasteiger partial charge is 0.507 e. The third-order valence-electron chi connectivity index (χ3n) is 7.21. The normalized spacial score (nSPS) is 13.2. The van der Waals surface area contributed by atoms with Gasteiger partial charge in [0.05, 0.1) is 19.0 Å². The van der Waals surface area contributed by atoms with Gasteiger partial charge < -0.3 is 23.9 Å². The molecule has 0 aliphatic carbocycles. The molecule has 3 aromatic carbocycles. The monoisotopic (exact) mass is 509 g/mol. The lowest BCUT2D eigenvalue weighted by Crippen LogP contribution is -2.26. The van der Waals surface area contributed by atoms with E-state index in [2.05, 4.69) is 0 Å². The van der Waals surface area contributed by atoms with Crippen molar-refractivity contribution in [1.29, 1.82) is 0 Å². The summed E-state index contributed by atoms with van der Waals surface area (Å²) in [5.41, 5.74) is 1.88. The number of aromatic hydroxyl groups is 2. The molecule has 0 fully saturated rings. The molecule has 0 saturated heterocycles. The SMILES string of the molecule is COC(=O)C[C@H](c1cc2cccc3c2n(c1=O)CC3)c1c(O)cc(O)c2c(=O)cc(-c3ccccc3)oc12. The number of pyridine rings is 1. The van der Waals surface area contributed by atoms with Gasteiger partial charge in [-0.2, -0.15) is 0 Å². The van der Waals surface area contributed by atoms with Gasteiger partial charge in [-0.25, -0.2) is 0 Å². The molecule has 0 bridgehead atoms. The zero-order valence-corrected chi connectivity index (χ0v) is 20.4. The van der Waals surface area contributed by atoms with Gasteiger partial charge in [0.1, 0.15) is 28.2 Å². The lowest BCUT2D eigenvalue weighted by atomic mass is 9.86. The third-order valence-corrected chi connectivity index (χ3v) is 7.21. The predicted octanol–water partition coefficient (Wildman–Crippen LogP) is 4.44. The second-order valence-electron chi connectivity index (χ2n) is 9.37. The number of carbonyl (C=O) groups excluding carboxylic acids is 1. The second kappa shape index (κ2) is 8.92. The summed E-state index contributed by atoms with van der Waals surface area (Å²) in [4.78, 5) is 39.6. The first kappa shape index (κ1) is 23.5. The van der Waals surface area contributed by atoms with E-state index in [4.69, 9.17) is 9.15 Å². The average molecular weight is 510 g/mol. The number of phenols is 2. The maximum atomic E-state index is 13.8. The number of para-hydroxylation sites is 1. The average Bonchev–Trinajstić information content (AvgIpc) is 3.36. The maximum Gasteiger partial charge on any atom is 0.306 e. The topological polar surface area (TPSA) is 119 Å². The number of aromatic nitrogens is 1. The molecule has 1 atom stereocenters. The molecule has 0 radical (unpaired) electrons. The molecule has 0 amide bonds. The molecule has 3 heterocycles. The lowest BCUT2D eigenvalue weighted by molar-refractivity contribution is -0.140. The van der Waals surface area contributed by atoms with Gasteiger partial charge in [-0.15, -0.1) is 0 Å². The van der Waals surface area contributed by atoms with Crippen LogP contribution >= 0.6 is 0 Å². The van der Waals surface area contributed by atoms with Crippen LogP contribution in [0.4, 0.5) is 0 Å². The van der Waals surface area contributed by atoms with Gasteiger partial charge in [0, 0.05) is 41.3 Å². The van der Waals surface area contributed by atoms with E-state index in [1.807, 2.05) is 24.3 Å². The number of fused-ring (bicyclic) bond motifs is 1. The van der Waals surface area contributed by atoms with E-state index in [1.54, 1.807) is 34.9 Å². The quantitative estimate of drug-likeness (QED) is 0.336. The molecule has 5 aromatic rings. The van der Waals surface area contributed by atoms with Crippen molar-refractivity contribution in [2.24, 2.45) is 0 Å². The molecular formula is C30H23NO7. The minimum atomic E-state index is -1.02. The summed E-state index contributed by atoms with van der Waals surface area (Å²) < 4.78 is 12.8. The van der Waals surface area contributed by atoms with Crippen LogP contribution in [0, 0.1) is 0 Å². The minimum Gasteiger partial charge on any atom is -0.507 e. The summed E-state index contributed by atoms with van der Waals surface area (Å²) in [6.45, 7) is 0.489. The molecule has 190 valence electrons. The van der Waals surface area contributed by atoms with Gasteiger partial charge in [-0.05, 0) is 23.4 Å². The first-order valence-electron chi connectivity index (χ1n) is 12.2. The van der Waals surface area contributed by atoms with Gasteiger partial charge in [0.2, 0.25) is 0 Å². The van der Waals surface area contributed by atoms with E-state index in [0.29, 0.717) is 18.5 Å². The Hall–Kier alpha value is -4.85. The fourth-order valence-electron chi connectivity index (χ4n) is 5.46. The Balaban J connectivity index is 1.69. The highest BCUT2D eigenvalue weighted by atomic mass is 16.5. The van der Waals surface area contributed by atoms with Crippen molar-refractivity contribution in [2.45, 2.75) is 25.3 Å². The number of carbonyl (C=O) groups is 1. The van der Waals surface area contributed by atoms with Crippen molar-refractivity contribution in [3.63, 3.8) is 0 Å². The van der Waals surface area contributed by atoms with E-state index in [0.717, 1.165) is 22.5 Å². The van der Waals surface area contributed by atoms with Crippen LogP contribution in [0.15, 0.2) is 80.7 Å². The molecule has 0 saturated carbocycles. The predicted molar refractivity (Wildman–Crippen MR) is 142 cm³/mol. The Morgan fingerprint density at radius 1 is 1.03 bits per heavy atom. The van der Waals surface area contributed by atoms with Crippen molar-refractivity contribution in [3.05, 3.63) is 104 Å². The van der Waals surface area contributed by atoms with E-state index in [9.17, 15) is 24.6 Å². The van der Waals surface area contributed by atoms with Crippen molar-refractivity contribution in [3.8, 4) is 22.8 Å². The first-order chi connectivity index (χ1) is 18.4. The molecule has 38 heavy (non-hydrogen) atoms. The van der Waals surface area contributed by atoms with Crippen molar-refractivity contribution in [2.75, 3.05) is 7.11 Å². The second-order valence-corrected chi connectivity index (χ2v) is 9.37. The van der Waals surface area contributed by atoms with E-state index in [-0.39, 0.29) is 39.8 Å². The molecule has 2 N–H and O–H groups in total. The minimum absolute atomic E-state index is 0.0523. The standard InChI is InChI=1S/C30H23NO7/c1-37-25(35)13-19(20-12-18-9-5-8-17-10-11-31(28(17)18)30(20)36)26-21(32)14-22(33)27-23(34)15-24(38-29(26)27)16-6-3-2-4-7-16/h2-9,12,14-15,19,32-33H,10-11,13H2,1H3/t19-/m1/s1. The lowest BCUT2D eigenvalue weighted by Gasteiger charge is -2.21. The summed E-state index contributed by atoms with van der Waals surface area (Å²) in [6, 6.07) is 18.7. The van der Waals surface area contributed by atoms with Crippen molar-refractivity contribution < 1.29 is 24.2 Å². The number of esters is 1. The van der Waals surface area contributed by atoms with Gasteiger partial charge >= 0.3 is 5.97 Å². The van der Waals surface area contributed by atoms with Crippen molar-refractivity contribution >= 4 is 27.8 Å². The third kappa shape index (κ3) is 3.64. The number of ether oxygens (including phenoxy) is 1. The summed E-state index contributed by atoms with van der Waals surface area (Å²) in [6.07, 6.45) is 0.407. The Morgan fingerprint density at radius 3 is 2.58 bits per heavy atom. The molecular weight excluding hydrogens is 486 g/mol. The number of phenolic OH excluding ortho intramolecular Hbond substituents is 2. The molecule has 6 rings (SSSR count). The van der Waals surface area contributed by atoms with Crippen LogP contribution in [0.3, 0.4) is 0 Å². The maximum absolute atomic E-state index is 13.8. The summed E-state index contributed by atoms with van der Waals surface area (Å²) in [5.74, 6) is -2.31. The number of nitrogens with zero attached hydrogens (tertiary/aromatic N) is 1. The zero-order valence-electron chi connectivity index (χ0n) is 20.4. The number of benzene rings is 3. The molecule has 0 spiro atoms. The zero-order chi connectivity index (χ0) is 26.6. The molecule has 2 aromatic heterocycles. The van der Waals surface area contributed by atoms with Gasteiger partial charge in [-0.3, -0.25) is 14.4 Å². The van der Waals surface area contributed by atoms with Crippen LogP contribution in [0.5, 0.6) is 11.5 Å². The molecule has 1 aliphatic heterocycles. The number of hydrogen-bond acceptors (Lipinski definition) is 7. The molecule has 1 aliphatic rings. The summed E-state index contributed by atoms with van der Waals surface area (Å²) in [5, 5.41) is 22.4. The fraction of sp³-hybridized carbons (Fsp3) is 0.167. The molecule has 8 nitrogen and oxygen atoms in total. The number of hydrogen-bond donors (Lipinski definition) is 2. The Bertz CT molecular complexity index is 1870. The summed E-state index contributed by atoms with van der Waals surface area (Å²) >= 11 is 0. The van der Waals surface area contributed by atoms with Crippen LogP contribution in [0.1, 0.15) is 29.0 Å². The van der Waals surface area contributed by atoms with Crippen LogP contribution in [0.25, 0.3) is 33.2 Å². The number of methoxy groups -OCH3 is 1. The van der Waals surface area contributed by atoms with Gasteiger partial charge in [-0.1, -0.05) is 48.5 Å². The van der Waals surface area contributed by atoms with Crippen LogP contribution < -0.4 is 11.0 Å². The van der Waals surface area contributed by atoms with Crippen molar-refractivity contribution in [1.82, 2.24) is 4.57 Å². The Labute approximate surface area is 216 Å². The van der Waals surface area contributed by atoms with Crippen LogP contribution in [0.2, 0.25) is 0 Å². The smallest absolute Gasteiger partial charge is 0.306 e.